The summed E-state index contributed by atoms with van der Waals surface area (Å²) in [7, 11) is 0. The number of aliphatic hydroxyl groups excluding tert-OH is 1. The zero-order chi connectivity index (χ0) is 15.8. The Labute approximate surface area is 158 Å². The first kappa shape index (κ1) is 24.2. The predicted octanol–water partition coefficient (Wildman–Crippen LogP) is 0.525. The van der Waals surface area contributed by atoms with Crippen molar-refractivity contribution in [3.8, 4) is 0 Å². The molecule has 0 radical (unpaired) electrons. The van der Waals surface area contributed by atoms with Crippen LogP contribution in [0.1, 0.15) is 77.6 Å². The maximum Gasteiger partial charge on any atom is 1.00 e. The van der Waals surface area contributed by atoms with Crippen LogP contribution in [0.15, 0.2) is 24.3 Å². The molecule has 1 unspecified atom stereocenters. The smallest absolute Gasteiger partial charge is 0.550 e. The Morgan fingerprint density at radius 1 is 1.00 bits per heavy atom. The SMILES string of the molecule is CCC(O)CC/C=C\C/C=C\CCCCCCCC(=O)[O-].[Na+]. The number of hydrogen-bond acceptors (Lipinski definition) is 3. The van der Waals surface area contributed by atoms with Gasteiger partial charge in [0, 0.05) is 5.97 Å². The second-order valence-electron chi connectivity index (χ2n) is 5.50. The minimum atomic E-state index is -0.935. The standard InChI is InChI=1S/C18H32O3.Na/c1-2-17(19)15-13-11-9-7-5-3-4-6-8-10-12-14-16-18(20)21;/h3,5,9,11,17,19H,2,4,6-8,10,12-16H2,1H3,(H,20,21);/q;+1/p-1/b5-3-,11-9-;. The number of carboxylic acids is 1. The van der Waals surface area contributed by atoms with Gasteiger partial charge in [0.15, 0.2) is 0 Å². The van der Waals surface area contributed by atoms with Crippen LogP contribution in [0.25, 0.3) is 0 Å². The third kappa shape index (κ3) is 19.9. The number of hydrogen-bond donors (Lipinski definition) is 1. The third-order valence-corrected chi connectivity index (χ3v) is 3.49. The molecule has 4 heteroatoms. The monoisotopic (exact) mass is 318 g/mol. The van der Waals surface area contributed by atoms with Gasteiger partial charge in [0.2, 0.25) is 0 Å². The van der Waals surface area contributed by atoms with Gasteiger partial charge in [-0.2, -0.15) is 0 Å². The maximum atomic E-state index is 10.2. The number of aliphatic carboxylic acids is 1. The molecular weight excluding hydrogens is 287 g/mol. The van der Waals surface area contributed by atoms with Crippen LogP contribution in [-0.2, 0) is 4.79 Å². The zero-order valence-corrected chi connectivity index (χ0v) is 16.4. The van der Waals surface area contributed by atoms with Gasteiger partial charge in [0.25, 0.3) is 0 Å². The molecule has 0 aromatic carbocycles. The average Bonchev–Trinajstić information content (AvgIpc) is 2.46. The van der Waals surface area contributed by atoms with Gasteiger partial charge in [0.05, 0.1) is 6.10 Å². The molecule has 0 amide bonds. The summed E-state index contributed by atoms with van der Waals surface area (Å²) in [5.74, 6) is -0.935. The molecule has 22 heavy (non-hydrogen) atoms. The quantitative estimate of drug-likeness (QED) is 0.289. The van der Waals surface area contributed by atoms with E-state index in [2.05, 4.69) is 24.3 Å². The average molecular weight is 318 g/mol. The van der Waals surface area contributed by atoms with Crippen LogP contribution in [0.3, 0.4) is 0 Å². The van der Waals surface area contributed by atoms with Gasteiger partial charge in [-0.05, 0) is 51.4 Å². The molecule has 0 aliphatic rings. The number of rotatable bonds is 14. The Kier molecular flexibility index (Phi) is 20.8. The van der Waals surface area contributed by atoms with Crippen LogP contribution < -0.4 is 34.7 Å². The molecular formula is C18H31NaO3. The van der Waals surface area contributed by atoms with Crippen molar-refractivity contribution in [2.24, 2.45) is 0 Å². The summed E-state index contributed by atoms with van der Waals surface area (Å²) >= 11 is 0. The molecule has 0 aliphatic carbocycles. The van der Waals surface area contributed by atoms with E-state index in [4.69, 9.17) is 0 Å². The maximum absolute atomic E-state index is 10.2. The summed E-state index contributed by atoms with van der Waals surface area (Å²) < 4.78 is 0. The fraction of sp³-hybridized carbons (Fsp3) is 0.722. The van der Waals surface area contributed by atoms with Crippen LogP contribution in [0.2, 0.25) is 0 Å². The minimum Gasteiger partial charge on any atom is -0.550 e. The van der Waals surface area contributed by atoms with Crippen molar-refractivity contribution >= 4 is 5.97 Å². The summed E-state index contributed by atoms with van der Waals surface area (Å²) in [6.07, 6.45) is 18.6. The molecule has 0 heterocycles. The molecule has 122 valence electrons. The van der Waals surface area contributed by atoms with E-state index in [1.165, 1.54) is 12.8 Å². The topological polar surface area (TPSA) is 60.4 Å². The van der Waals surface area contributed by atoms with Crippen LogP contribution in [0, 0.1) is 0 Å². The van der Waals surface area contributed by atoms with Crippen molar-refractivity contribution in [1.82, 2.24) is 0 Å². The number of carbonyl (C=O) groups excluding carboxylic acids is 1. The Hall–Kier alpha value is -0.0900. The number of carboxylic acid groups (broad SMARTS) is 1. The molecule has 0 bridgehead atoms. The normalized spacial score (nSPS) is 12.6. The summed E-state index contributed by atoms with van der Waals surface area (Å²) in [6, 6.07) is 0. The van der Waals surface area contributed by atoms with E-state index in [0.717, 1.165) is 51.4 Å². The first-order valence-corrected chi connectivity index (χ1v) is 8.34. The molecule has 0 spiro atoms. The van der Waals surface area contributed by atoms with Gasteiger partial charge in [-0.15, -0.1) is 0 Å². The Balaban J connectivity index is 0. The van der Waals surface area contributed by atoms with Gasteiger partial charge < -0.3 is 15.0 Å². The molecule has 0 rings (SSSR count). The van der Waals surface area contributed by atoms with Crippen LogP contribution in [-0.4, -0.2) is 17.2 Å². The number of carbonyl (C=O) groups is 1. The van der Waals surface area contributed by atoms with Crippen molar-refractivity contribution in [3.63, 3.8) is 0 Å². The Morgan fingerprint density at radius 3 is 2.23 bits per heavy atom. The van der Waals surface area contributed by atoms with E-state index in [1.54, 1.807) is 0 Å². The third-order valence-electron chi connectivity index (χ3n) is 3.49. The van der Waals surface area contributed by atoms with Crippen molar-refractivity contribution in [3.05, 3.63) is 24.3 Å². The molecule has 0 aromatic rings. The predicted molar refractivity (Wildman–Crippen MR) is 85.8 cm³/mol. The van der Waals surface area contributed by atoms with E-state index in [9.17, 15) is 15.0 Å². The Bertz CT molecular complexity index is 301. The van der Waals surface area contributed by atoms with E-state index < -0.39 is 5.97 Å². The van der Waals surface area contributed by atoms with Gasteiger partial charge >= 0.3 is 29.6 Å². The van der Waals surface area contributed by atoms with Crippen LogP contribution in [0.4, 0.5) is 0 Å². The van der Waals surface area contributed by atoms with Crippen molar-refractivity contribution < 1.29 is 44.6 Å². The second-order valence-corrected chi connectivity index (χ2v) is 5.50. The largest absolute Gasteiger partial charge is 1.00 e. The minimum absolute atomic E-state index is 0. The summed E-state index contributed by atoms with van der Waals surface area (Å²) in [4.78, 5) is 10.2. The molecule has 1 N–H and O–H groups in total. The molecule has 0 aromatic heterocycles. The van der Waals surface area contributed by atoms with Crippen molar-refractivity contribution in [2.75, 3.05) is 0 Å². The second kappa shape index (κ2) is 19.0. The number of allylic oxidation sites excluding steroid dienone is 4. The Morgan fingerprint density at radius 2 is 1.59 bits per heavy atom. The fourth-order valence-corrected chi connectivity index (χ4v) is 2.06. The van der Waals surface area contributed by atoms with E-state index in [-0.39, 0.29) is 42.1 Å². The first-order valence-electron chi connectivity index (χ1n) is 8.34. The van der Waals surface area contributed by atoms with E-state index in [1.807, 2.05) is 6.92 Å². The molecule has 0 fully saturated rings. The number of aliphatic hydroxyl groups is 1. The molecule has 0 aliphatic heterocycles. The van der Waals surface area contributed by atoms with Gasteiger partial charge in [-0.25, -0.2) is 0 Å². The van der Waals surface area contributed by atoms with Crippen LogP contribution >= 0.6 is 0 Å². The van der Waals surface area contributed by atoms with Gasteiger partial charge in [-0.3, -0.25) is 0 Å². The summed E-state index contributed by atoms with van der Waals surface area (Å²) in [5, 5.41) is 19.6. The number of unbranched alkanes of at least 4 members (excludes halogenated alkanes) is 5. The fourth-order valence-electron chi connectivity index (χ4n) is 2.06. The first-order chi connectivity index (χ1) is 10.2. The van der Waals surface area contributed by atoms with Gasteiger partial charge in [-0.1, -0.05) is 50.5 Å². The van der Waals surface area contributed by atoms with Crippen molar-refractivity contribution in [2.45, 2.75) is 83.7 Å². The summed E-state index contributed by atoms with van der Waals surface area (Å²) in [6.45, 7) is 2.00. The van der Waals surface area contributed by atoms with E-state index in [0.29, 0.717) is 0 Å². The molecule has 3 nitrogen and oxygen atoms in total. The zero-order valence-electron chi connectivity index (χ0n) is 14.4. The molecule has 0 saturated heterocycles. The van der Waals surface area contributed by atoms with Crippen molar-refractivity contribution in [1.29, 1.82) is 0 Å². The van der Waals surface area contributed by atoms with Gasteiger partial charge in [0.1, 0.15) is 0 Å². The molecule has 0 saturated carbocycles. The van der Waals surface area contributed by atoms with E-state index >= 15 is 0 Å². The summed E-state index contributed by atoms with van der Waals surface area (Å²) in [5.41, 5.74) is 0. The molecule has 1 atom stereocenters. The van der Waals surface area contributed by atoms with Crippen LogP contribution in [0.5, 0.6) is 0 Å².